The average molecular weight is 461 g/mol. The number of thiocarbonyl (C=S) groups is 1. The predicted molar refractivity (Wildman–Crippen MR) is 130 cm³/mol. The van der Waals surface area contributed by atoms with E-state index in [4.69, 9.17) is 40.5 Å². The van der Waals surface area contributed by atoms with Gasteiger partial charge in [-0.3, -0.25) is 5.01 Å². The lowest BCUT2D eigenvalue weighted by molar-refractivity contribution is 0.248. The maximum Gasteiger partial charge on any atom is 0.137 e. The van der Waals surface area contributed by atoms with Crippen molar-refractivity contribution in [1.82, 2.24) is 10.4 Å². The third-order valence-electron chi connectivity index (χ3n) is 5.79. The van der Waals surface area contributed by atoms with E-state index in [-0.39, 0.29) is 12.0 Å². The molecule has 0 spiro atoms. The Bertz CT molecular complexity index is 923. The van der Waals surface area contributed by atoms with Crippen molar-refractivity contribution in [2.45, 2.75) is 38.6 Å². The van der Waals surface area contributed by atoms with Crippen molar-refractivity contribution in [3.8, 4) is 0 Å². The zero-order valence-corrected chi connectivity index (χ0v) is 19.4. The zero-order valence-electron chi connectivity index (χ0n) is 17.0. The number of hydrogen-bond acceptors (Lipinski definition) is 4. The van der Waals surface area contributed by atoms with E-state index < -0.39 is 0 Å². The van der Waals surface area contributed by atoms with Gasteiger partial charge in [-0.25, -0.2) is 5.01 Å². The number of nitrogens with one attached hydrogen (secondary N) is 1. The van der Waals surface area contributed by atoms with Crippen LogP contribution in [0.5, 0.6) is 0 Å². The van der Waals surface area contributed by atoms with Crippen molar-refractivity contribution >= 4 is 51.8 Å². The summed E-state index contributed by atoms with van der Waals surface area (Å²) in [7, 11) is 0. The molecule has 4 nitrogen and oxygen atoms in total. The Hall–Kier alpha value is -1.66. The minimum absolute atomic E-state index is 0.0129. The number of para-hydroxylation sites is 1. The average Bonchev–Trinajstić information content (AvgIpc) is 2.89. The van der Waals surface area contributed by atoms with Gasteiger partial charge in [0.1, 0.15) is 10.7 Å². The van der Waals surface area contributed by atoms with E-state index in [1.807, 2.05) is 41.4 Å². The van der Waals surface area contributed by atoms with Gasteiger partial charge in [-0.15, -0.1) is 0 Å². The van der Waals surface area contributed by atoms with Gasteiger partial charge < -0.3 is 5.43 Å². The van der Waals surface area contributed by atoms with Gasteiger partial charge in [0.2, 0.25) is 0 Å². The van der Waals surface area contributed by atoms with Crippen LogP contribution in [0.1, 0.15) is 44.2 Å². The molecule has 0 aliphatic carbocycles. The molecular formula is C23H26Cl2N4S. The second kappa shape index (κ2) is 9.65. The van der Waals surface area contributed by atoms with Gasteiger partial charge >= 0.3 is 0 Å². The number of rotatable bonds is 4. The third kappa shape index (κ3) is 4.65. The van der Waals surface area contributed by atoms with E-state index in [9.17, 15) is 0 Å². The second-order valence-electron chi connectivity index (χ2n) is 7.91. The molecule has 2 unspecified atom stereocenters. The van der Waals surface area contributed by atoms with E-state index in [1.165, 1.54) is 25.7 Å². The third-order valence-corrected chi connectivity index (χ3v) is 6.67. The van der Waals surface area contributed by atoms with Crippen LogP contribution in [0.25, 0.3) is 0 Å². The molecule has 0 saturated carbocycles. The summed E-state index contributed by atoms with van der Waals surface area (Å²) in [6.07, 6.45) is 4.94. The summed E-state index contributed by atoms with van der Waals surface area (Å²) in [5.74, 6) is 0.0921. The molecular weight excluding hydrogens is 435 g/mol. The number of nitrogens with zero attached hydrogens (tertiary/aromatic N) is 3. The van der Waals surface area contributed by atoms with Gasteiger partial charge in [-0.2, -0.15) is 5.10 Å². The van der Waals surface area contributed by atoms with E-state index in [2.05, 4.69) is 29.5 Å². The van der Waals surface area contributed by atoms with Crippen LogP contribution >= 0.6 is 35.4 Å². The highest BCUT2D eigenvalue weighted by Crippen LogP contribution is 2.42. The van der Waals surface area contributed by atoms with Gasteiger partial charge in [-0.05, 0) is 42.7 Å². The number of hydrogen-bond donors (Lipinski definition) is 1. The summed E-state index contributed by atoms with van der Waals surface area (Å²) in [4.78, 5) is 0.693. The van der Waals surface area contributed by atoms with Crippen molar-refractivity contribution in [3.05, 3.63) is 64.1 Å². The largest absolute Gasteiger partial charge is 0.308 e. The SMILES string of the molecule is CC1C(C(=S)NN2CCCCCC2)=NN(c2ccccc2Cl)C1c1ccc(Cl)cc1. The first-order valence-electron chi connectivity index (χ1n) is 10.5. The zero-order chi connectivity index (χ0) is 21.1. The van der Waals surface area contributed by atoms with Crippen LogP contribution in [0.3, 0.4) is 0 Å². The number of benzene rings is 2. The topological polar surface area (TPSA) is 30.9 Å². The van der Waals surface area contributed by atoms with Gasteiger partial charge in [-0.1, -0.05) is 79.5 Å². The maximum atomic E-state index is 6.54. The standard InChI is InChI=1S/C23H26Cl2N4S/c1-16-21(23(30)27-28-14-6-2-3-7-15-28)26-29(20-9-5-4-8-19(20)25)22(16)17-10-12-18(24)13-11-17/h4-5,8-13,16,22H,2-3,6-7,14-15H2,1H3,(H,27,30). The Labute approximate surface area is 193 Å². The first kappa shape index (κ1) is 21.6. The molecule has 2 aromatic carbocycles. The fourth-order valence-corrected chi connectivity index (χ4v) is 4.90. The van der Waals surface area contributed by atoms with Gasteiger partial charge in [0.25, 0.3) is 0 Å². The summed E-state index contributed by atoms with van der Waals surface area (Å²) >= 11 is 18.5. The summed E-state index contributed by atoms with van der Waals surface area (Å²) in [5, 5.41) is 10.6. The van der Waals surface area contributed by atoms with Crippen LogP contribution in [0.4, 0.5) is 5.69 Å². The quantitative estimate of drug-likeness (QED) is 0.545. The monoisotopic (exact) mass is 460 g/mol. The van der Waals surface area contributed by atoms with E-state index in [0.717, 1.165) is 30.1 Å². The lowest BCUT2D eigenvalue weighted by Gasteiger charge is -2.28. The molecule has 2 atom stereocenters. The molecule has 2 aliphatic rings. The summed E-state index contributed by atoms with van der Waals surface area (Å²) in [6.45, 7) is 4.19. The minimum Gasteiger partial charge on any atom is -0.308 e. The highest BCUT2D eigenvalue weighted by atomic mass is 35.5. The molecule has 2 heterocycles. The summed E-state index contributed by atoms with van der Waals surface area (Å²) in [6, 6.07) is 15.7. The predicted octanol–water partition coefficient (Wildman–Crippen LogP) is 6.25. The Morgan fingerprint density at radius 1 is 1.00 bits per heavy atom. The Morgan fingerprint density at radius 3 is 2.33 bits per heavy atom. The smallest absolute Gasteiger partial charge is 0.137 e. The van der Waals surface area contributed by atoms with Gasteiger partial charge in [0.05, 0.1) is 16.8 Å². The van der Waals surface area contributed by atoms with Crippen LogP contribution in [-0.2, 0) is 0 Å². The van der Waals surface area contributed by atoms with Crippen molar-refractivity contribution in [3.63, 3.8) is 0 Å². The normalized spacial score (nSPS) is 22.5. The molecule has 0 radical (unpaired) electrons. The van der Waals surface area contributed by atoms with Crippen molar-refractivity contribution < 1.29 is 0 Å². The van der Waals surface area contributed by atoms with Crippen molar-refractivity contribution in [1.29, 1.82) is 0 Å². The van der Waals surface area contributed by atoms with Crippen LogP contribution in [-0.4, -0.2) is 28.8 Å². The number of halogens is 2. The second-order valence-corrected chi connectivity index (χ2v) is 9.16. The number of hydrazone groups is 1. The molecule has 30 heavy (non-hydrogen) atoms. The Balaban J connectivity index is 1.65. The first-order valence-corrected chi connectivity index (χ1v) is 11.6. The van der Waals surface area contributed by atoms with Gasteiger partial charge in [0.15, 0.2) is 0 Å². The van der Waals surface area contributed by atoms with E-state index in [0.29, 0.717) is 15.0 Å². The lowest BCUT2D eigenvalue weighted by atomic mass is 9.91. The minimum atomic E-state index is -0.0129. The molecule has 158 valence electrons. The molecule has 0 bridgehead atoms. The fourth-order valence-electron chi connectivity index (χ4n) is 4.20. The van der Waals surface area contributed by atoms with E-state index >= 15 is 0 Å². The first-order chi connectivity index (χ1) is 14.5. The van der Waals surface area contributed by atoms with Crippen molar-refractivity contribution in [2.75, 3.05) is 18.1 Å². The molecule has 2 aliphatic heterocycles. The summed E-state index contributed by atoms with van der Waals surface area (Å²) in [5.41, 5.74) is 6.34. The van der Waals surface area contributed by atoms with Crippen LogP contribution in [0, 0.1) is 5.92 Å². The molecule has 2 aromatic rings. The Morgan fingerprint density at radius 2 is 1.67 bits per heavy atom. The fraction of sp³-hybridized carbons (Fsp3) is 0.391. The lowest BCUT2D eigenvalue weighted by Crippen LogP contribution is -2.45. The van der Waals surface area contributed by atoms with Crippen LogP contribution in [0.2, 0.25) is 10.0 Å². The van der Waals surface area contributed by atoms with Gasteiger partial charge in [0, 0.05) is 24.0 Å². The number of anilines is 1. The highest BCUT2D eigenvalue weighted by molar-refractivity contribution is 7.82. The molecule has 1 N–H and O–H groups in total. The molecule has 0 aromatic heterocycles. The molecule has 7 heteroatoms. The maximum absolute atomic E-state index is 6.54. The number of hydrazine groups is 1. The highest BCUT2D eigenvalue weighted by Gasteiger charge is 2.38. The Kier molecular flexibility index (Phi) is 6.94. The van der Waals surface area contributed by atoms with Crippen LogP contribution < -0.4 is 10.4 Å². The van der Waals surface area contributed by atoms with Crippen molar-refractivity contribution in [2.24, 2.45) is 11.0 Å². The molecule has 1 saturated heterocycles. The molecule has 1 fully saturated rings. The van der Waals surface area contributed by atoms with E-state index in [1.54, 1.807) is 0 Å². The van der Waals surface area contributed by atoms with Crippen LogP contribution in [0.15, 0.2) is 53.6 Å². The summed E-state index contributed by atoms with van der Waals surface area (Å²) < 4.78 is 0. The molecule has 4 rings (SSSR count). The molecule has 0 amide bonds.